The zero-order valence-electron chi connectivity index (χ0n) is 12.8. The topological polar surface area (TPSA) is 53.2 Å². The van der Waals surface area contributed by atoms with Crippen LogP contribution in [0.25, 0.3) is 0 Å². The van der Waals surface area contributed by atoms with Crippen LogP contribution in [-0.4, -0.2) is 18.0 Å². The Labute approximate surface area is 131 Å². The first-order valence-electron chi connectivity index (χ1n) is 7.52. The second-order valence-electron chi connectivity index (χ2n) is 6.19. The van der Waals surface area contributed by atoms with Crippen molar-refractivity contribution in [2.75, 3.05) is 0 Å². The molecule has 21 heavy (non-hydrogen) atoms. The largest absolute Gasteiger partial charge is 0.348 e. The third-order valence-corrected chi connectivity index (χ3v) is 4.00. The summed E-state index contributed by atoms with van der Waals surface area (Å²) in [6.07, 6.45) is 1.90. The summed E-state index contributed by atoms with van der Waals surface area (Å²) in [5, 5.41) is 3.73. The first-order valence-corrected chi connectivity index (χ1v) is 7.90. The van der Waals surface area contributed by atoms with Crippen LogP contribution in [0.3, 0.4) is 0 Å². The van der Waals surface area contributed by atoms with Crippen LogP contribution in [0.1, 0.15) is 45.2 Å². The number of benzene rings is 1. The molecule has 5 heteroatoms. The number of rotatable bonds is 5. The number of carbonyl (C=O) groups excluding carboxylic acids is 1. The molecule has 1 aromatic rings. The van der Waals surface area contributed by atoms with Crippen molar-refractivity contribution in [1.82, 2.24) is 16.2 Å². The van der Waals surface area contributed by atoms with E-state index in [1.54, 1.807) is 0 Å². The van der Waals surface area contributed by atoms with E-state index in [4.69, 9.17) is 11.6 Å². The van der Waals surface area contributed by atoms with Gasteiger partial charge in [-0.15, -0.1) is 0 Å². The van der Waals surface area contributed by atoms with Gasteiger partial charge in [0, 0.05) is 11.1 Å². The van der Waals surface area contributed by atoms with Gasteiger partial charge >= 0.3 is 0 Å². The summed E-state index contributed by atoms with van der Waals surface area (Å²) in [5.74, 6) is 0.651. The Balaban J connectivity index is 1.87. The van der Waals surface area contributed by atoms with Crippen molar-refractivity contribution in [3.63, 3.8) is 0 Å². The van der Waals surface area contributed by atoms with Crippen LogP contribution in [0.2, 0.25) is 5.02 Å². The van der Waals surface area contributed by atoms with Gasteiger partial charge in [-0.2, -0.15) is 0 Å². The third kappa shape index (κ3) is 4.70. The number of nitrogens with one attached hydrogen (secondary N) is 3. The summed E-state index contributed by atoms with van der Waals surface area (Å²) >= 11 is 5.99. The van der Waals surface area contributed by atoms with Crippen molar-refractivity contribution >= 4 is 17.5 Å². The summed E-state index contributed by atoms with van der Waals surface area (Å²) in [5.41, 5.74) is 7.32. The van der Waals surface area contributed by atoms with Crippen LogP contribution in [0.15, 0.2) is 24.3 Å². The molecule has 1 aromatic carbocycles. The van der Waals surface area contributed by atoms with Crippen molar-refractivity contribution in [1.29, 1.82) is 0 Å². The zero-order chi connectivity index (χ0) is 15.4. The number of carbonyl (C=O) groups is 1. The summed E-state index contributed by atoms with van der Waals surface area (Å²) < 4.78 is 0. The minimum Gasteiger partial charge on any atom is -0.348 e. The molecule has 1 heterocycles. The molecule has 1 fully saturated rings. The monoisotopic (exact) mass is 309 g/mol. The Bertz CT molecular complexity index is 492. The van der Waals surface area contributed by atoms with Crippen LogP contribution in [0, 0.1) is 5.92 Å². The smallest absolute Gasteiger partial charge is 0.239 e. The maximum absolute atomic E-state index is 12.3. The van der Waals surface area contributed by atoms with Gasteiger partial charge in [0.25, 0.3) is 0 Å². The van der Waals surface area contributed by atoms with E-state index in [1.165, 1.54) is 0 Å². The van der Waals surface area contributed by atoms with E-state index in [0.717, 1.165) is 18.4 Å². The van der Waals surface area contributed by atoms with E-state index in [1.807, 2.05) is 31.2 Å². The highest BCUT2D eigenvalue weighted by molar-refractivity contribution is 6.30. The van der Waals surface area contributed by atoms with Crippen LogP contribution >= 0.6 is 11.6 Å². The standard InChI is InChI=1S/C16H24ClN3O/c1-10(2)7-14-9-15(20-19-14)16(21)18-11(3)12-5-4-6-13(17)8-12/h4-6,8,10-11,14-15,19-20H,7,9H2,1-3H3,(H,18,21). The average Bonchev–Trinajstić information content (AvgIpc) is 2.86. The number of hydrazine groups is 1. The quantitative estimate of drug-likeness (QED) is 0.784. The Kier molecular flexibility index (Phi) is 5.62. The van der Waals surface area contributed by atoms with E-state index >= 15 is 0 Å². The maximum atomic E-state index is 12.3. The highest BCUT2D eigenvalue weighted by Crippen LogP contribution is 2.19. The predicted octanol–water partition coefficient (Wildman–Crippen LogP) is 2.80. The molecule has 2 rings (SSSR count). The van der Waals surface area contributed by atoms with Gasteiger partial charge in [0.2, 0.25) is 5.91 Å². The Morgan fingerprint density at radius 2 is 2.14 bits per heavy atom. The highest BCUT2D eigenvalue weighted by Gasteiger charge is 2.30. The molecular formula is C16H24ClN3O. The molecule has 0 radical (unpaired) electrons. The number of hydrogen-bond donors (Lipinski definition) is 3. The fraction of sp³-hybridized carbons (Fsp3) is 0.562. The van der Waals surface area contributed by atoms with E-state index in [9.17, 15) is 4.79 Å². The molecule has 3 N–H and O–H groups in total. The second-order valence-corrected chi connectivity index (χ2v) is 6.63. The molecule has 1 amide bonds. The van der Waals surface area contributed by atoms with Crippen LogP contribution in [0.5, 0.6) is 0 Å². The molecule has 3 unspecified atom stereocenters. The molecule has 0 saturated carbocycles. The molecule has 0 aliphatic carbocycles. The maximum Gasteiger partial charge on any atom is 0.239 e. The molecule has 4 nitrogen and oxygen atoms in total. The SMILES string of the molecule is CC(C)CC1CC(C(=O)NC(C)c2cccc(Cl)c2)NN1. The zero-order valence-corrected chi connectivity index (χ0v) is 13.6. The van der Waals surface area contributed by atoms with Crippen molar-refractivity contribution in [3.8, 4) is 0 Å². The summed E-state index contributed by atoms with van der Waals surface area (Å²) in [6.45, 7) is 6.35. The van der Waals surface area contributed by atoms with E-state index in [2.05, 4.69) is 30.0 Å². The van der Waals surface area contributed by atoms with Crippen LogP contribution in [-0.2, 0) is 4.79 Å². The minimum atomic E-state index is -0.171. The van der Waals surface area contributed by atoms with Crippen LogP contribution in [0.4, 0.5) is 0 Å². The minimum absolute atomic E-state index is 0.0289. The normalized spacial score (nSPS) is 23.3. The van der Waals surface area contributed by atoms with E-state index in [0.29, 0.717) is 17.0 Å². The Hall–Kier alpha value is -1.10. The summed E-state index contributed by atoms with van der Waals surface area (Å²) in [4.78, 5) is 12.3. The van der Waals surface area contributed by atoms with Crippen molar-refractivity contribution < 1.29 is 4.79 Å². The van der Waals surface area contributed by atoms with Gasteiger partial charge in [-0.25, -0.2) is 5.43 Å². The molecule has 3 atom stereocenters. The third-order valence-electron chi connectivity index (χ3n) is 3.76. The van der Waals surface area contributed by atoms with Gasteiger partial charge in [-0.3, -0.25) is 10.2 Å². The molecule has 1 aliphatic rings. The van der Waals surface area contributed by atoms with Gasteiger partial charge in [0.15, 0.2) is 0 Å². The number of hydrogen-bond acceptors (Lipinski definition) is 3. The Morgan fingerprint density at radius 3 is 2.81 bits per heavy atom. The van der Waals surface area contributed by atoms with Gasteiger partial charge in [0.1, 0.15) is 6.04 Å². The number of halogens is 1. The number of amides is 1. The summed E-state index contributed by atoms with van der Waals surface area (Å²) in [6, 6.07) is 7.72. The first-order chi connectivity index (χ1) is 9.95. The molecule has 0 bridgehead atoms. The van der Waals surface area contributed by atoms with Gasteiger partial charge in [-0.1, -0.05) is 37.6 Å². The molecule has 116 valence electrons. The molecule has 0 aromatic heterocycles. The fourth-order valence-corrected chi connectivity index (χ4v) is 2.89. The van der Waals surface area contributed by atoms with E-state index < -0.39 is 0 Å². The van der Waals surface area contributed by atoms with Gasteiger partial charge in [0.05, 0.1) is 6.04 Å². The lowest BCUT2D eigenvalue weighted by Crippen LogP contribution is -2.44. The molecule has 1 aliphatic heterocycles. The first kappa shape index (κ1) is 16.3. The molecule has 0 spiro atoms. The highest BCUT2D eigenvalue weighted by atomic mass is 35.5. The van der Waals surface area contributed by atoms with Crippen molar-refractivity contribution in [2.24, 2.45) is 5.92 Å². The van der Waals surface area contributed by atoms with Gasteiger partial charge in [-0.05, 0) is 43.4 Å². The second kappa shape index (κ2) is 7.25. The lowest BCUT2D eigenvalue weighted by atomic mass is 9.99. The van der Waals surface area contributed by atoms with E-state index in [-0.39, 0.29) is 18.0 Å². The predicted molar refractivity (Wildman–Crippen MR) is 85.9 cm³/mol. The average molecular weight is 310 g/mol. The lowest BCUT2D eigenvalue weighted by molar-refractivity contribution is -0.123. The van der Waals surface area contributed by atoms with Crippen molar-refractivity contribution in [3.05, 3.63) is 34.9 Å². The van der Waals surface area contributed by atoms with Crippen molar-refractivity contribution in [2.45, 2.75) is 51.7 Å². The molecular weight excluding hydrogens is 286 g/mol. The fourth-order valence-electron chi connectivity index (χ4n) is 2.69. The lowest BCUT2D eigenvalue weighted by Gasteiger charge is -2.17. The van der Waals surface area contributed by atoms with Crippen LogP contribution < -0.4 is 16.2 Å². The Morgan fingerprint density at radius 1 is 1.38 bits per heavy atom. The molecule has 1 saturated heterocycles. The van der Waals surface area contributed by atoms with Gasteiger partial charge < -0.3 is 5.32 Å². The summed E-state index contributed by atoms with van der Waals surface area (Å²) in [7, 11) is 0.